The highest BCUT2D eigenvalue weighted by molar-refractivity contribution is 5.56. The van der Waals surface area contributed by atoms with Crippen LogP contribution < -0.4 is 11.1 Å². The van der Waals surface area contributed by atoms with Crippen molar-refractivity contribution in [2.45, 2.75) is 13.5 Å². The maximum absolute atomic E-state index is 8.72. The van der Waals surface area contributed by atoms with Crippen LogP contribution >= 0.6 is 0 Å². The third kappa shape index (κ3) is 2.80. The molecule has 3 N–H and O–H groups in total. The molecular formula is C15H15N3. The average molecular weight is 237 g/mol. The van der Waals surface area contributed by atoms with E-state index in [2.05, 4.69) is 11.4 Å². The number of nitrogen functional groups attached to an aromatic ring is 1. The fourth-order valence-electron chi connectivity index (χ4n) is 1.69. The molecule has 0 radical (unpaired) electrons. The van der Waals surface area contributed by atoms with E-state index in [1.807, 2.05) is 49.4 Å². The Balaban J connectivity index is 2.02. The van der Waals surface area contributed by atoms with Crippen molar-refractivity contribution in [2.24, 2.45) is 0 Å². The fraction of sp³-hybridized carbons (Fsp3) is 0.133. The Hall–Kier alpha value is -2.47. The molecular weight excluding hydrogens is 222 g/mol. The van der Waals surface area contributed by atoms with E-state index >= 15 is 0 Å². The Morgan fingerprint density at radius 2 is 1.89 bits per heavy atom. The van der Waals surface area contributed by atoms with Crippen LogP contribution in [0.3, 0.4) is 0 Å². The number of nitrogens with zero attached hydrogens (tertiary/aromatic N) is 1. The van der Waals surface area contributed by atoms with Gasteiger partial charge in [0.2, 0.25) is 0 Å². The van der Waals surface area contributed by atoms with Gasteiger partial charge in [-0.25, -0.2) is 0 Å². The Labute approximate surface area is 107 Å². The third-order valence-electron chi connectivity index (χ3n) is 2.85. The molecule has 0 saturated heterocycles. The Bertz CT molecular complexity index is 580. The maximum atomic E-state index is 8.72. The van der Waals surface area contributed by atoms with Crippen LogP contribution in [-0.2, 0) is 6.54 Å². The summed E-state index contributed by atoms with van der Waals surface area (Å²) in [5.74, 6) is 0. The summed E-state index contributed by atoms with van der Waals surface area (Å²) in [6, 6.07) is 15.6. The SMILES string of the molecule is Cc1cc(NCc2ccc(C#N)cc2)ccc1N. The number of benzene rings is 2. The van der Waals surface area contributed by atoms with Gasteiger partial charge < -0.3 is 11.1 Å². The predicted octanol–water partition coefficient (Wildman–Crippen LogP) is 3.06. The smallest absolute Gasteiger partial charge is 0.0991 e. The zero-order valence-electron chi connectivity index (χ0n) is 10.3. The molecule has 0 spiro atoms. The topological polar surface area (TPSA) is 61.8 Å². The number of hydrogen-bond acceptors (Lipinski definition) is 3. The number of nitrogens with one attached hydrogen (secondary N) is 1. The van der Waals surface area contributed by atoms with E-state index < -0.39 is 0 Å². The molecule has 18 heavy (non-hydrogen) atoms. The van der Waals surface area contributed by atoms with Gasteiger partial charge in [0.15, 0.2) is 0 Å². The molecule has 2 rings (SSSR count). The van der Waals surface area contributed by atoms with Gasteiger partial charge in [-0.1, -0.05) is 12.1 Å². The molecule has 0 aliphatic heterocycles. The normalized spacial score (nSPS) is 9.78. The highest BCUT2D eigenvalue weighted by atomic mass is 14.9. The van der Waals surface area contributed by atoms with Gasteiger partial charge in [0, 0.05) is 17.9 Å². The van der Waals surface area contributed by atoms with Crippen LogP contribution in [0, 0.1) is 18.3 Å². The number of hydrogen-bond donors (Lipinski definition) is 2. The standard InChI is InChI=1S/C15H15N3/c1-11-8-14(6-7-15(11)17)18-10-13-4-2-12(9-16)3-5-13/h2-8,18H,10,17H2,1H3. The molecule has 0 atom stereocenters. The Kier molecular flexibility index (Phi) is 3.49. The van der Waals surface area contributed by atoms with Gasteiger partial charge in [-0.15, -0.1) is 0 Å². The van der Waals surface area contributed by atoms with E-state index in [-0.39, 0.29) is 0 Å². The Morgan fingerprint density at radius 3 is 2.50 bits per heavy atom. The van der Waals surface area contributed by atoms with Gasteiger partial charge in [-0.3, -0.25) is 0 Å². The summed E-state index contributed by atoms with van der Waals surface area (Å²) >= 11 is 0. The molecule has 3 nitrogen and oxygen atoms in total. The maximum Gasteiger partial charge on any atom is 0.0991 e. The van der Waals surface area contributed by atoms with Crippen molar-refractivity contribution < 1.29 is 0 Å². The highest BCUT2D eigenvalue weighted by Gasteiger charge is 1.97. The van der Waals surface area contributed by atoms with Gasteiger partial charge in [0.25, 0.3) is 0 Å². The number of rotatable bonds is 3. The van der Waals surface area contributed by atoms with Gasteiger partial charge in [-0.2, -0.15) is 5.26 Å². The first kappa shape index (κ1) is 12.0. The molecule has 2 aromatic carbocycles. The largest absolute Gasteiger partial charge is 0.399 e. The lowest BCUT2D eigenvalue weighted by Crippen LogP contribution is -2.00. The number of anilines is 2. The van der Waals surface area contributed by atoms with Crippen molar-refractivity contribution in [3.63, 3.8) is 0 Å². The summed E-state index contributed by atoms with van der Waals surface area (Å²) < 4.78 is 0. The molecule has 0 saturated carbocycles. The minimum atomic E-state index is 0.682. The van der Waals surface area contributed by atoms with Gasteiger partial charge >= 0.3 is 0 Å². The molecule has 0 heterocycles. The second kappa shape index (κ2) is 5.24. The van der Waals surface area contributed by atoms with Crippen molar-refractivity contribution in [1.29, 1.82) is 5.26 Å². The molecule has 2 aromatic rings. The number of aryl methyl sites for hydroxylation is 1. The van der Waals surface area contributed by atoms with E-state index in [0.29, 0.717) is 5.56 Å². The average Bonchev–Trinajstić information content (AvgIpc) is 2.41. The van der Waals surface area contributed by atoms with E-state index in [4.69, 9.17) is 11.0 Å². The molecule has 0 aliphatic carbocycles. The van der Waals surface area contributed by atoms with Crippen LogP contribution in [0.4, 0.5) is 11.4 Å². The summed E-state index contributed by atoms with van der Waals surface area (Å²) in [5, 5.41) is 12.0. The van der Waals surface area contributed by atoms with Gasteiger partial charge in [0.1, 0.15) is 0 Å². The summed E-state index contributed by atoms with van der Waals surface area (Å²) in [7, 11) is 0. The molecule has 0 aromatic heterocycles. The Morgan fingerprint density at radius 1 is 1.17 bits per heavy atom. The summed E-state index contributed by atoms with van der Waals surface area (Å²) in [6.07, 6.45) is 0. The molecule has 0 fully saturated rings. The first-order chi connectivity index (χ1) is 8.69. The van der Waals surface area contributed by atoms with Crippen LogP contribution in [0.1, 0.15) is 16.7 Å². The number of nitrogens with two attached hydrogens (primary N) is 1. The third-order valence-corrected chi connectivity index (χ3v) is 2.85. The quantitative estimate of drug-likeness (QED) is 0.806. The van der Waals surface area contributed by atoms with Crippen LogP contribution in [0.5, 0.6) is 0 Å². The minimum absolute atomic E-state index is 0.682. The van der Waals surface area contributed by atoms with Crippen molar-refractivity contribution in [1.82, 2.24) is 0 Å². The lowest BCUT2D eigenvalue weighted by Gasteiger charge is -2.08. The first-order valence-corrected chi connectivity index (χ1v) is 5.78. The van der Waals surface area contributed by atoms with Crippen molar-refractivity contribution in [3.8, 4) is 6.07 Å². The molecule has 0 amide bonds. The number of nitriles is 1. The summed E-state index contributed by atoms with van der Waals surface area (Å²) in [4.78, 5) is 0. The zero-order chi connectivity index (χ0) is 13.0. The minimum Gasteiger partial charge on any atom is -0.399 e. The fourth-order valence-corrected chi connectivity index (χ4v) is 1.69. The lowest BCUT2D eigenvalue weighted by molar-refractivity contribution is 1.15. The second-order valence-corrected chi connectivity index (χ2v) is 4.23. The molecule has 0 bridgehead atoms. The molecule has 0 aliphatic rings. The summed E-state index contributed by atoms with van der Waals surface area (Å²) in [5.41, 5.74) is 10.5. The predicted molar refractivity (Wildman–Crippen MR) is 74.1 cm³/mol. The highest BCUT2D eigenvalue weighted by Crippen LogP contribution is 2.17. The molecule has 3 heteroatoms. The summed E-state index contributed by atoms with van der Waals surface area (Å²) in [6.45, 7) is 2.72. The van der Waals surface area contributed by atoms with E-state index in [1.165, 1.54) is 0 Å². The lowest BCUT2D eigenvalue weighted by atomic mass is 10.1. The molecule has 90 valence electrons. The van der Waals surface area contributed by atoms with Crippen LogP contribution in [0.25, 0.3) is 0 Å². The van der Waals surface area contributed by atoms with Crippen molar-refractivity contribution in [3.05, 3.63) is 59.2 Å². The van der Waals surface area contributed by atoms with Crippen LogP contribution in [0.15, 0.2) is 42.5 Å². The van der Waals surface area contributed by atoms with Crippen LogP contribution in [-0.4, -0.2) is 0 Å². The van der Waals surface area contributed by atoms with E-state index in [0.717, 1.165) is 29.0 Å². The second-order valence-electron chi connectivity index (χ2n) is 4.23. The van der Waals surface area contributed by atoms with E-state index in [9.17, 15) is 0 Å². The monoisotopic (exact) mass is 237 g/mol. The van der Waals surface area contributed by atoms with E-state index in [1.54, 1.807) is 0 Å². The van der Waals surface area contributed by atoms with Crippen LogP contribution in [0.2, 0.25) is 0 Å². The first-order valence-electron chi connectivity index (χ1n) is 5.78. The van der Waals surface area contributed by atoms with Gasteiger partial charge in [0.05, 0.1) is 11.6 Å². The zero-order valence-corrected chi connectivity index (χ0v) is 10.3. The van der Waals surface area contributed by atoms with Crippen molar-refractivity contribution in [2.75, 3.05) is 11.1 Å². The molecule has 0 unspecified atom stereocenters. The van der Waals surface area contributed by atoms with Gasteiger partial charge in [-0.05, 0) is 48.4 Å². The van der Waals surface area contributed by atoms with Crippen molar-refractivity contribution >= 4 is 11.4 Å².